The number of rotatable bonds is 6. The van der Waals surface area contributed by atoms with E-state index in [1.165, 1.54) is 5.56 Å². The summed E-state index contributed by atoms with van der Waals surface area (Å²) in [5.74, 6) is 0. The van der Waals surface area contributed by atoms with Crippen molar-refractivity contribution in [3.63, 3.8) is 0 Å². The van der Waals surface area contributed by atoms with Gasteiger partial charge in [0.2, 0.25) is 0 Å². The molecule has 1 unspecified atom stereocenters. The van der Waals surface area contributed by atoms with Crippen molar-refractivity contribution in [2.24, 2.45) is 0 Å². The molecule has 0 saturated carbocycles. The van der Waals surface area contributed by atoms with Gasteiger partial charge < -0.3 is 9.53 Å². The van der Waals surface area contributed by atoms with E-state index < -0.39 is 8.32 Å². The Balaban J connectivity index is 2.34. The maximum Gasteiger partial charge on any atom is 0.192 e. The first-order valence-corrected chi connectivity index (χ1v) is 9.99. The third kappa shape index (κ3) is 5.47. The minimum atomic E-state index is -1.74. The molecule has 2 nitrogen and oxygen atoms in total. The summed E-state index contributed by atoms with van der Waals surface area (Å²) in [5.41, 5.74) is 1.27. The Hall–Kier alpha value is -0.643. The van der Waals surface area contributed by atoms with Crippen LogP contribution in [-0.2, 0) is 10.8 Å². The van der Waals surface area contributed by atoms with Gasteiger partial charge in [0.05, 0.1) is 12.7 Å². The van der Waals surface area contributed by atoms with Crippen molar-refractivity contribution in [1.29, 1.82) is 0 Å². The zero-order valence-electron chi connectivity index (χ0n) is 12.9. The van der Waals surface area contributed by atoms with Crippen molar-refractivity contribution < 1.29 is 9.53 Å². The summed E-state index contributed by atoms with van der Waals surface area (Å²) >= 11 is 0. The molecule has 0 heterocycles. The maximum absolute atomic E-state index is 10.0. The molecular formula is C16H28O2Si. The van der Waals surface area contributed by atoms with E-state index in [0.29, 0.717) is 6.61 Å². The van der Waals surface area contributed by atoms with Gasteiger partial charge in [-0.15, -0.1) is 0 Å². The van der Waals surface area contributed by atoms with Crippen LogP contribution in [0.25, 0.3) is 0 Å². The van der Waals surface area contributed by atoms with Crippen LogP contribution in [0.4, 0.5) is 0 Å². The van der Waals surface area contributed by atoms with Gasteiger partial charge in [-0.05, 0) is 36.5 Å². The van der Waals surface area contributed by atoms with Crippen molar-refractivity contribution in [2.45, 2.75) is 57.8 Å². The van der Waals surface area contributed by atoms with Gasteiger partial charge in [0.1, 0.15) is 0 Å². The van der Waals surface area contributed by atoms with Crippen LogP contribution >= 0.6 is 0 Å². The first kappa shape index (κ1) is 16.4. The zero-order chi connectivity index (χ0) is 14.5. The molecule has 3 heteroatoms. The van der Waals surface area contributed by atoms with Crippen molar-refractivity contribution in [3.05, 3.63) is 35.9 Å². The molecule has 1 aromatic rings. The van der Waals surface area contributed by atoms with Gasteiger partial charge >= 0.3 is 0 Å². The van der Waals surface area contributed by atoms with Gasteiger partial charge in [0, 0.05) is 0 Å². The molecule has 1 N–H and O–H groups in total. The summed E-state index contributed by atoms with van der Waals surface area (Å²) < 4.78 is 6.03. The second-order valence-corrected chi connectivity index (χ2v) is 11.6. The fraction of sp³-hybridized carbons (Fsp3) is 0.625. The van der Waals surface area contributed by atoms with Crippen LogP contribution in [0.3, 0.4) is 0 Å². The molecule has 1 aromatic carbocycles. The molecule has 0 spiro atoms. The second-order valence-electron chi connectivity index (χ2n) is 6.75. The third-order valence-electron chi connectivity index (χ3n) is 4.05. The lowest BCUT2D eigenvalue weighted by Gasteiger charge is -2.36. The average molecular weight is 280 g/mol. The van der Waals surface area contributed by atoms with E-state index in [4.69, 9.17) is 4.43 Å². The molecule has 0 aliphatic carbocycles. The van der Waals surface area contributed by atoms with Crippen molar-refractivity contribution in [3.8, 4) is 0 Å². The van der Waals surface area contributed by atoms with Crippen LogP contribution in [0.1, 0.15) is 32.8 Å². The SMILES string of the molecule is CC(C)(C)[Si](C)(C)OCC(O)CCc1ccccc1. The van der Waals surface area contributed by atoms with Gasteiger partial charge in [-0.1, -0.05) is 51.1 Å². The van der Waals surface area contributed by atoms with Gasteiger partial charge in [0.25, 0.3) is 0 Å². The van der Waals surface area contributed by atoms with Gasteiger partial charge in [-0.25, -0.2) is 0 Å². The van der Waals surface area contributed by atoms with Crippen LogP contribution in [-0.4, -0.2) is 26.1 Å². The van der Waals surface area contributed by atoms with Crippen LogP contribution in [0, 0.1) is 0 Å². The first-order chi connectivity index (χ1) is 8.72. The summed E-state index contributed by atoms with van der Waals surface area (Å²) in [6.45, 7) is 11.6. The molecule has 0 radical (unpaired) electrons. The van der Waals surface area contributed by atoms with Crippen LogP contribution in [0.2, 0.25) is 18.1 Å². The smallest absolute Gasteiger partial charge is 0.192 e. The highest BCUT2D eigenvalue weighted by molar-refractivity contribution is 6.74. The highest BCUT2D eigenvalue weighted by Crippen LogP contribution is 2.36. The Morgan fingerprint density at radius 3 is 2.26 bits per heavy atom. The number of aryl methyl sites for hydroxylation is 1. The van der Waals surface area contributed by atoms with E-state index in [1.807, 2.05) is 18.2 Å². The van der Waals surface area contributed by atoms with E-state index >= 15 is 0 Å². The van der Waals surface area contributed by atoms with Crippen LogP contribution < -0.4 is 0 Å². The van der Waals surface area contributed by atoms with E-state index in [0.717, 1.165) is 12.8 Å². The Morgan fingerprint density at radius 1 is 1.16 bits per heavy atom. The van der Waals surface area contributed by atoms with E-state index in [9.17, 15) is 5.11 Å². The molecule has 0 aromatic heterocycles. The monoisotopic (exact) mass is 280 g/mol. The fourth-order valence-corrected chi connectivity index (χ4v) is 2.62. The van der Waals surface area contributed by atoms with Gasteiger partial charge in [-0.3, -0.25) is 0 Å². The predicted octanol–water partition coefficient (Wildman–Crippen LogP) is 4.00. The van der Waals surface area contributed by atoms with E-state index in [2.05, 4.69) is 46.0 Å². The lowest BCUT2D eigenvalue weighted by molar-refractivity contribution is 0.0931. The largest absolute Gasteiger partial charge is 0.414 e. The summed E-state index contributed by atoms with van der Waals surface area (Å²) in [6.07, 6.45) is 1.30. The average Bonchev–Trinajstić information content (AvgIpc) is 2.34. The van der Waals surface area contributed by atoms with Gasteiger partial charge in [-0.2, -0.15) is 0 Å². The van der Waals surface area contributed by atoms with Gasteiger partial charge in [0.15, 0.2) is 8.32 Å². The molecule has 0 bridgehead atoms. The molecule has 1 rings (SSSR count). The Bertz CT molecular complexity index is 368. The minimum Gasteiger partial charge on any atom is -0.414 e. The fourth-order valence-electron chi connectivity index (χ4n) is 1.58. The molecule has 0 amide bonds. The zero-order valence-corrected chi connectivity index (χ0v) is 13.9. The van der Waals surface area contributed by atoms with Crippen molar-refractivity contribution >= 4 is 8.32 Å². The second kappa shape index (κ2) is 6.68. The molecule has 0 aliphatic heterocycles. The lowest BCUT2D eigenvalue weighted by Crippen LogP contribution is -2.42. The highest BCUT2D eigenvalue weighted by Gasteiger charge is 2.37. The number of aliphatic hydroxyl groups is 1. The highest BCUT2D eigenvalue weighted by atomic mass is 28.4. The van der Waals surface area contributed by atoms with Crippen molar-refractivity contribution in [1.82, 2.24) is 0 Å². The minimum absolute atomic E-state index is 0.201. The van der Waals surface area contributed by atoms with E-state index in [-0.39, 0.29) is 11.1 Å². The number of aliphatic hydroxyl groups excluding tert-OH is 1. The Kier molecular flexibility index (Phi) is 5.77. The summed E-state index contributed by atoms with van der Waals surface area (Å²) in [7, 11) is -1.74. The summed E-state index contributed by atoms with van der Waals surface area (Å²) in [5, 5.41) is 10.2. The summed E-state index contributed by atoms with van der Waals surface area (Å²) in [4.78, 5) is 0. The molecule has 1 atom stereocenters. The molecule has 108 valence electrons. The molecule has 0 saturated heterocycles. The normalized spacial score (nSPS) is 14.4. The van der Waals surface area contributed by atoms with Crippen molar-refractivity contribution in [2.75, 3.05) is 6.61 Å². The maximum atomic E-state index is 10.0. The predicted molar refractivity (Wildman–Crippen MR) is 83.9 cm³/mol. The molecule has 0 fully saturated rings. The lowest BCUT2D eigenvalue weighted by atomic mass is 10.1. The number of hydrogen-bond donors (Lipinski definition) is 1. The molecule has 0 aliphatic rings. The van der Waals surface area contributed by atoms with Crippen LogP contribution in [0.15, 0.2) is 30.3 Å². The van der Waals surface area contributed by atoms with Crippen LogP contribution in [0.5, 0.6) is 0 Å². The summed E-state index contributed by atoms with van der Waals surface area (Å²) in [6, 6.07) is 10.3. The number of benzene rings is 1. The van der Waals surface area contributed by atoms with E-state index in [1.54, 1.807) is 0 Å². The molecule has 19 heavy (non-hydrogen) atoms. The standard InChI is InChI=1S/C16H28O2Si/c1-16(2,3)19(4,5)18-13-15(17)12-11-14-9-7-6-8-10-14/h6-10,15,17H,11-13H2,1-5H3. The first-order valence-electron chi connectivity index (χ1n) is 7.08. The Morgan fingerprint density at radius 2 is 1.74 bits per heavy atom. The topological polar surface area (TPSA) is 29.5 Å². The number of hydrogen-bond acceptors (Lipinski definition) is 2. The quantitative estimate of drug-likeness (QED) is 0.798. The third-order valence-corrected chi connectivity index (χ3v) is 8.55. The Labute approximate surface area is 118 Å². The molecular weight excluding hydrogens is 252 g/mol.